The van der Waals surface area contributed by atoms with E-state index >= 15 is 0 Å². The summed E-state index contributed by atoms with van der Waals surface area (Å²) in [6.45, 7) is 3.02. The minimum atomic E-state index is -3.13. The first-order valence-corrected chi connectivity index (χ1v) is 9.27. The van der Waals surface area contributed by atoms with Gasteiger partial charge in [0.25, 0.3) is 0 Å². The molecule has 0 N–H and O–H groups in total. The molecule has 0 aliphatic carbocycles. The van der Waals surface area contributed by atoms with Crippen LogP contribution in [0, 0.1) is 0 Å². The number of nitrogens with zero attached hydrogens (tertiary/aromatic N) is 5. The van der Waals surface area contributed by atoms with Crippen LogP contribution in [-0.4, -0.2) is 65.2 Å². The topological polar surface area (TPSA) is 92.4 Å². The average molecular weight is 337 g/mol. The zero-order chi connectivity index (χ0) is 16.3. The van der Waals surface area contributed by atoms with Crippen molar-refractivity contribution >= 4 is 10.0 Å². The summed E-state index contributed by atoms with van der Waals surface area (Å²) in [5, 5.41) is 8.11. The van der Waals surface area contributed by atoms with Gasteiger partial charge in [0.15, 0.2) is 0 Å². The molecule has 0 spiro atoms. The van der Waals surface area contributed by atoms with Gasteiger partial charge < -0.3 is 4.42 Å². The van der Waals surface area contributed by atoms with Crippen molar-refractivity contribution in [3.63, 3.8) is 0 Å². The van der Waals surface area contributed by atoms with Gasteiger partial charge in [0.2, 0.25) is 21.8 Å². The number of hydrogen-bond acceptors (Lipinski definition) is 7. The molecule has 1 aliphatic heterocycles. The summed E-state index contributed by atoms with van der Waals surface area (Å²) in [6.07, 6.45) is 5.40. The monoisotopic (exact) mass is 337 g/mol. The van der Waals surface area contributed by atoms with E-state index < -0.39 is 10.0 Å². The number of aromatic nitrogens is 3. The lowest BCUT2D eigenvalue weighted by Gasteiger charge is -2.18. The third-order valence-electron chi connectivity index (χ3n) is 3.75. The van der Waals surface area contributed by atoms with Crippen LogP contribution in [0.25, 0.3) is 11.5 Å². The van der Waals surface area contributed by atoms with Crippen LogP contribution in [0.1, 0.15) is 12.3 Å². The first-order valence-electron chi connectivity index (χ1n) is 7.42. The smallest absolute Gasteiger partial charge is 0.249 e. The Kier molecular flexibility index (Phi) is 4.69. The Morgan fingerprint density at radius 1 is 1.22 bits per heavy atom. The van der Waals surface area contributed by atoms with Gasteiger partial charge >= 0.3 is 0 Å². The predicted octanol–water partition coefficient (Wildman–Crippen LogP) is 0.599. The van der Waals surface area contributed by atoms with Crippen molar-refractivity contribution in [3.8, 4) is 11.5 Å². The molecular formula is C14H19N5O3S. The van der Waals surface area contributed by atoms with Crippen LogP contribution in [0.5, 0.6) is 0 Å². The van der Waals surface area contributed by atoms with Crippen molar-refractivity contribution in [2.75, 3.05) is 32.4 Å². The quantitative estimate of drug-likeness (QED) is 0.806. The van der Waals surface area contributed by atoms with E-state index in [1.54, 1.807) is 12.4 Å². The van der Waals surface area contributed by atoms with E-state index in [-0.39, 0.29) is 0 Å². The molecule has 0 amide bonds. The highest BCUT2D eigenvalue weighted by Gasteiger charge is 2.22. The summed E-state index contributed by atoms with van der Waals surface area (Å²) in [5.74, 6) is 0.970. The molecule has 8 nitrogen and oxygen atoms in total. The summed E-state index contributed by atoms with van der Waals surface area (Å²) >= 11 is 0. The number of pyridine rings is 1. The van der Waals surface area contributed by atoms with Crippen molar-refractivity contribution in [2.24, 2.45) is 0 Å². The molecule has 1 fully saturated rings. The molecule has 23 heavy (non-hydrogen) atoms. The predicted molar refractivity (Wildman–Crippen MR) is 83.8 cm³/mol. The Balaban J connectivity index is 1.63. The number of hydrogen-bond donors (Lipinski definition) is 0. The first-order chi connectivity index (χ1) is 11.0. The van der Waals surface area contributed by atoms with Gasteiger partial charge in [0, 0.05) is 32.0 Å². The SMILES string of the molecule is CS(=O)(=O)N1CCCN(Cc2nnc(-c3cccnc3)o2)CC1. The van der Waals surface area contributed by atoms with Crippen LogP contribution in [0.4, 0.5) is 0 Å². The zero-order valence-corrected chi connectivity index (χ0v) is 13.7. The Labute approximate surface area is 135 Å². The molecule has 1 saturated heterocycles. The molecule has 0 aromatic carbocycles. The largest absolute Gasteiger partial charge is 0.419 e. The highest BCUT2D eigenvalue weighted by atomic mass is 32.2. The lowest BCUT2D eigenvalue weighted by atomic mass is 10.3. The molecule has 2 aromatic heterocycles. The maximum absolute atomic E-state index is 11.6. The standard InChI is InChI=1S/C14H19N5O3S/c1-23(20,21)19-7-3-6-18(8-9-19)11-13-16-17-14(22-13)12-4-2-5-15-10-12/h2,4-5,10H,3,6-9,11H2,1H3. The van der Waals surface area contributed by atoms with Gasteiger partial charge in [-0.15, -0.1) is 10.2 Å². The summed E-state index contributed by atoms with van der Waals surface area (Å²) in [6, 6.07) is 3.67. The molecule has 1 aliphatic rings. The first kappa shape index (κ1) is 16.0. The lowest BCUT2D eigenvalue weighted by Crippen LogP contribution is -2.34. The van der Waals surface area contributed by atoms with Crippen molar-refractivity contribution in [3.05, 3.63) is 30.4 Å². The van der Waals surface area contributed by atoms with Gasteiger partial charge in [0.05, 0.1) is 18.4 Å². The summed E-state index contributed by atoms with van der Waals surface area (Å²) in [7, 11) is -3.13. The van der Waals surface area contributed by atoms with E-state index in [0.717, 1.165) is 18.5 Å². The maximum atomic E-state index is 11.6. The highest BCUT2D eigenvalue weighted by Crippen LogP contribution is 2.17. The molecule has 0 saturated carbocycles. The molecule has 3 rings (SSSR count). The molecule has 2 aromatic rings. The fourth-order valence-electron chi connectivity index (χ4n) is 2.55. The van der Waals surface area contributed by atoms with Crippen molar-refractivity contribution in [1.29, 1.82) is 0 Å². The Bertz CT molecular complexity index is 747. The molecule has 3 heterocycles. The van der Waals surface area contributed by atoms with Crippen LogP contribution < -0.4 is 0 Å². The normalized spacial score (nSPS) is 18.0. The summed E-state index contributed by atoms with van der Waals surface area (Å²) in [5.41, 5.74) is 0.783. The zero-order valence-electron chi connectivity index (χ0n) is 12.9. The molecule has 0 radical (unpaired) electrons. The van der Waals surface area contributed by atoms with Gasteiger partial charge in [-0.05, 0) is 25.1 Å². The fourth-order valence-corrected chi connectivity index (χ4v) is 3.43. The number of sulfonamides is 1. The van der Waals surface area contributed by atoms with Crippen molar-refractivity contribution in [2.45, 2.75) is 13.0 Å². The second kappa shape index (κ2) is 6.73. The van der Waals surface area contributed by atoms with E-state index in [0.29, 0.717) is 38.0 Å². The molecular weight excluding hydrogens is 318 g/mol. The van der Waals surface area contributed by atoms with Gasteiger partial charge in [-0.3, -0.25) is 9.88 Å². The van der Waals surface area contributed by atoms with Crippen LogP contribution in [0.3, 0.4) is 0 Å². The van der Waals surface area contributed by atoms with Gasteiger partial charge in [-0.1, -0.05) is 0 Å². The van der Waals surface area contributed by atoms with Crippen molar-refractivity contribution in [1.82, 2.24) is 24.4 Å². The Morgan fingerprint density at radius 2 is 2.09 bits per heavy atom. The Morgan fingerprint density at radius 3 is 2.83 bits per heavy atom. The summed E-state index contributed by atoms with van der Waals surface area (Å²) < 4.78 is 30.4. The summed E-state index contributed by atoms with van der Waals surface area (Å²) in [4.78, 5) is 6.16. The molecule has 0 unspecified atom stereocenters. The van der Waals surface area contributed by atoms with E-state index in [4.69, 9.17) is 4.42 Å². The van der Waals surface area contributed by atoms with Gasteiger partial charge in [-0.2, -0.15) is 0 Å². The number of rotatable bonds is 4. The molecule has 9 heteroatoms. The molecule has 0 bridgehead atoms. The minimum absolute atomic E-state index is 0.445. The highest BCUT2D eigenvalue weighted by molar-refractivity contribution is 7.88. The lowest BCUT2D eigenvalue weighted by molar-refractivity contribution is 0.251. The van der Waals surface area contributed by atoms with Crippen molar-refractivity contribution < 1.29 is 12.8 Å². The second-order valence-corrected chi connectivity index (χ2v) is 7.52. The van der Waals surface area contributed by atoms with Crippen LogP contribution in [0.2, 0.25) is 0 Å². The van der Waals surface area contributed by atoms with E-state index in [1.165, 1.54) is 10.6 Å². The van der Waals surface area contributed by atoms with Gasteiger partial charge in [-0.25, -0.2) is 12.7 Å². The second-order valence-electron chi connectivity index (χ2n) is 5.53. The fraction of sp³-hybridized carbons (Fsp3) is 0.500. The minimum Gasteiger partial charge on any atom is -0.419 e. The Hall–Kier alpha value is -1.84. The van der Waals surface area contributed by atoms with E-state index in [9.17, 15) is 8.42 Å². The van der Waals surface area contributed by atoms with Crippen LogP contribution in [0.15, 0.2) is 28.9 Å². The van der Waals surface area contributed by atoms with Gasteiger partial charge in [0.1, 0.15) is 0 Å². The third-order valence-corrected chi connectivity index (χ3v) is 5.05. The van der Waals surface area contributed by atoms with E-state index in [1.807, 2.05) is 12.1 Å². The maximum Gasteiger partial charge on any atom is 0.249 e. The average Bonchev–Trinajstić information content (AvgIpc) is 2.85. The third kappa shape index (κ3) is 4.12. The molecule has 0 atom stereocenters. The van der Waals surface area contributed by atoms with Crippen LogP contribution in [-0.2, 0) is 16.6 Å². The van der Waals surface area contributed by atoms with E-state index in [2.05, 4.69) is 20.1 Å². The van der Waals surface area contributed by atoms with Crippen LogP contribution >= 0.6 is 0 Å². The molecule has 124 valence electrons.